The lowest BCUT2D eigenvalue weighted by Crippen LogP contribution is -2.24. The Morgan fingerprint density at radius 2 is 2.06 bits per heavy atom. The first-order chi connectivity index (χ1) is 7.97. The van der Waals surface area contributed by atoms with Crippen LogP contribution >= 0.6 is 34.2 Å². The number of hydrogen-bond donors (Lipinski definition) is 2. The van der Waals surface area contributed by atoms with E-state index in [-0.39, 0.29) is 12.0 Å². The van der Waals surface area contributed by atoms with Crippen molar-refractivity contribution < 1.29 is 14.3 Å². The lowest BCUT2D eigenvalue weighted by atomic mass is 10.3. The zero-order valence-corrected chi connectivity index (χ0v) is 12.9. The number of halogens is 2. The molecule has 5 nitrogen and oxygen atoms in total. The van der Waals surface area contributed by atoms with E-state index in [9.17, 15) is 9.59 Å². The van der Waals surface area contributed by atoms with Crippen LogP contribution in [-0.4, -0.2) is 24.4 Å². The summed E-state index contributed by atoms with van der Waals surface area (Å²) in [4.78, 5) is 20.4. The third-order valence-electron chi connectivity index (χ3n) is 1.35. The maximum absolute atomic E-state index is 10.9. The van der Waals surface area contributed by atoms with Crippen molar-refractivity contribution in [3.63, 3.8) is 0 Å². The minimum absolute atomic E-state index is 0.0833. The predicted molar refractivity (Wildman–Crippen MR) is 77.1 cm³/mol. The molecule has 0 aliphatic rings. The first-order valence-corrected chi connectivity index (χ1v) is 6.70. The molecule has 0 bridgehead atoms. The van der Waals surface area contributed by atoms with Gasteiger partial charge in [0.05, 0.1) is 0 Å². The van der Waals surface area contributed by atoms with Crippen LogP contribution in [0.3, 0.4) is 0 Å². The quantitative estimate of drug-likeness (QED) is 0.335. The van der Waals surface area contributed by atoms with Crippen LogP contribution < -0.4 is 11.1 Å². The van der Waals surface area contributed by atoms with Gasteiger partial charge in [0.2, 0.25) is 5.91 Å². The first kappa shape index (κ1) is 18.9. The Bertz CT molecular complexity index is 260. The van der Waals surface area contributed by atoms with Gasteiger partial charge in [0.15, 0.2) is 3.77 Å². The van der Waals surface area contributed by atoms with E-state index >= 15 is 0 Å². The molecular formula is C10H18ClIN2O3. The second kappa shape index (κ2) is 13.6. The number of primary amides is 1. The summed E-state index contributed by atoms with van der Waals surface area (Å²) in [6.07, 6.45) is 3.42. The van der Waals surface area contributed by atoms with Gasteiger partial charge in [-0.05, 0) is 42.0 Å². The normalized spacial score (nSPS) is 10.0. The van der Waals surface area contributed by atoms with E-state index in [1.807, 2.05) is 29.5 Å². The lowest BCUT2D eigenvalue weighted by Gasteiger charge is -2.03. The van der Waals surface area contributed by atoms with Gasteiger partial charge in [0, 0.05) is 6.54 Å². The topological polar surface area (TPSA) is 81.4 Å². The largest absolute Gasteiger partial charge is 0.413 e. The van der Waals surface area contributed by atoms with Crippen LogP contribution in [0.25, 0.3) is 0 Å². The zero-order chi connectivity index (χ0) is 13.7. The van der Waals surface area contributed by atoms with Gasteiger partial charge in [-0.2, -0.15) is 0 Å². The summed E-state index contributed by atoms with van der Waals surface area (Å²) in [6, 6.07) is 0. The highest BCUT2D eigenvalue weighted by Gasteiger charge is 2.01. The summed E-state index contributed by atoms with van der Waals surface area (Å²) in [5.74, 6) is -0.563. The van der Waals surface area contributed by atoms with E-state index in [4.69, 9.17) is 16.3 Å². The number of allylic oxidation sites excluding steroid dienone is 1. The Labute approximate surface area is 120 Å². The minimum Gasteiger partial charge on any atom is -0.404 e. The average molecular weight is 377 g/mol. The number of hydrogen-bond acceptors (Lipinski definition) is 3. The average Bonchev–Trinajstić information content (AvgIpc) is 2.30. The fourth-order valence-electron chi connectivity index (χ4n) is 0.551. The molecule has 0 aromatic heterocycles. The van der Waals surface area contributed by atoms with Crippen LogP contribution in [0.4, 0.5) is 4.79 Å². The van der Waals surface area contributed by atoms with Crippen molar-refractivity contribution in [2.45, 2.75) is 26.7 Å². The van der Waals surface area contributed by atoms with Crippen molar-refractivity contribution in [3.05, 3.63) is 9.84 Å². The number of amides is 2. The van der Waals surface area contributed by atoms with E-state index in [1.165, 1.54) is 0 Å². The number of ether oxygens (including phenoxy) is 1. The lowest BCUT2D eigenvalue weighted by molar-refractivity contribution is -0.115. The number of nitrogens with two attached hydrogens (primary N) is 1. The highest BCUT2D eigenvalue weighted by molar-refractivity contribution is 14.1. The molecule has 0 spiro atoms. The summed E-state index contributed by atoms with van der Waals surface area (Å²) in [5, 5.41) is 2.64. The summed E-state index contributed by atoms with van der Waals surface area (Å²) in [7, 11) is 0. The van der Waals surface area contributed by atoms with Crippen molar-refractivity contribution in [2.75, 3.05) is 12.4 Å². The van der Waals surface area contributed by atoms with Crippen LogP contribution in [0.2, 0.25) is 0 Å². The van der Waals surface area contributed by atoms with Gasteiger partial charge in [0.25, 0.3) is 0 Å². The van der Waals surface area contributed by atoms with Crippen LogP contribution in [-0.2, 0) is 9.53 Å². The maximum atomic E-state index is 10.9. The van der Waals surface area contributed by atoms with E-state index in [0.717, 1.165) is 12.8 Å². The summed E-state index contributed by atoms with van der Waals surface area (Å²) in [5.41, 5.74) is 4.52. The van der Waals surface area contributed by atoms with E-state index < -0.39 is 5.91 Å². The summed E-state index contributed by atoms with van der Waals surface area (Å²) in [6.45, 7) is 4.58. The number of carbonyl (C=O) groups excluding carboxylic acids is 2. The maximum Gasteiger partial charge on any atom is 0.413 e. The van der Waals surface area contributed by atoms with Crippen LogP contribution in [0.1, 0.15) is 26.7 Å². The van der Waals surface area contributed by atoms with Crippen molar-refractivity contribution in [1.82, 2.24) is 5.32 Å². The molecule has 0 atom stereocenters. The molecular weight excluding hydrogens is 358 g/mol. The first-order valence-electron chi connectivity index (χ1n) is 5.09. The van der Waals surface area contributed by atoms with Crippen molar-refractivity contribution in [1.29, 1.82) is 0 Å². The molecule has 0 saturated carbocycles. The van der Waals surface area contributed by atoms with Gasteiger partial charge in [0.1, 0.15) is 5.88 Å². The molecule has 0 fully saturated rings. The van der Waals surface area contributed by atoms with Gasteiger partial charge >= 0.3 is 6.09 Å². The SMILES string of the molecule is C/C=C(/I)OC(=O)NCCCC.NC(=O)CCl. The van der Waals surface area contributed by atoms with E-state index in [2.05, 4.69) is 18.0 Å². The Kier molecular flexibility index (Phi) is 15.0. The number of unbranched alkanes of at least 4 members (excludes halogenated alkanes) is 1. The Balaban J connectivity index is 0. The molecule has 0 aromatic rings. The van der Waals surface area contributed by atoms with Crippen molar-refractivity contribution >= 4 is 46.2 Å². The van der Waals surface area contributed by atoms with Gasteiger partial charge in [-0.25, -0.2) is 4.79 Å². The van der Waals surface area contributed by atoms with Gasteiger partial charge < -0.3 is 15.8 Å². The van der Waals surface area contributed by atoms with Crippen molar-refractivity contribution in [2.24, 2.45) is 5.73 Å². The monoisotopic (exact) mass is 376 g/mol. The van der Waals surface area contributed by atoms with Gasteiger partial charge in [-0.15, -0.1) is 11.6 Å². The van der Waals surface area contributed by atoms with Crippen molar-refractivity contribution in [3.8, 4) is 0 Å². The minimum atomic E-state index is -0.480. The molecule has 0 aromatic carbocycles. The highest BCUT2D eigenvalue weighted by atomic mass is 127. The molecule has 2 amide bonds. The number of nitrogens with one attached hydrogen (secondary N) is 1. The Morgan fingerprint density at radius 3 is 2.41 bits per heavy atom. The standard InChI is InChI=1S/C8H14INO2.C2H4ClNO/c1-3-5-6-10-8(11)12-7(9)4-2;3-1-2(4)5/h4H,3,5-6H2,1-2H3,(H,10,11);1H2,(H2,4,5)/b7-4-;. The van der Waals surface area contributed by atoms with Crippen LogP contribution in [0.15, 0.2) is 9.84 Å². The van der Waals surface area contributed by atoms with Gasteiger partial charge in [-0.3, -0.25) is 4.79 Å². The number of carbonyl (C=O) groups is 2. The zero-order valence-electron chi connectivity index (χ0n) is 9.96. The molecule has 7 heteroatoms. The molecule has 0 saturated heterocycles. The number of rotatable bonds is 5. The molecule has 100 valence electrons. The second-order valence-electron chi connectivity index (χ2n) is 2.86. The molecule has 17 heavy (non-hydrogen) atoms. The molecule has 0 rings (SSSR count). The Morgan fingerprint density at radius 1 is 1.53 bits per heavy atom. The number of alkyl carbamates (subject to hydrolysis) is 1. The fraction of sp³-hybridized carbons (Fsp3) is 0.600. The Hall–Kier alpha value is -0.500. The molecule has 0 unspecified atom stereocenters. The summed E-state index contributed by atoms with van der Waals surface area (Å²) >= 11 is 6.82. The third-order valence-corrected chi connectivity index (χ3v) is 2.45. The van der Waals surface area contributed by atoms with Crippen LogP contribution in [0.5, 0.6) is 0 Å². The van der Waals surface area contributed by atoms with Gasteiger partial charge in [-0.1, -0.05) is 13.3 Å². The summed E-state index contributed by atoms with van der Waals surface area (Å²) < 4.78 is 5.44. The molecule has 0 aliphatic heterocycles. The van der Waals surface area contributed by atoms with E-state index in [1.54, 1.807) is 6.08 Å². The molecule has 3 N–H and O–H groups in total. The highest BCUT2D eigenvalue weighted by Crippen LogP contribution is 2.06. The smallest absolute Gasteiger partial charge is 0.404 e. The van der Waals surface area contributed by atoms with E-state index in [0.29, 0.717) is 10.3 Å². The molecule has 0 aliphatic carbocycles. The molecule has 0 heterocycles. The van der Waals surface area contributed by atoms with Crippen LogP contribution in [0, 0.1) is 0 Å². The molecule has 0 radical (unpaired) electrons. The predicted octanol–water partition coefficient (Wildman–Crippen LogP) is 2.52. The fourth-order valence-corrected chi connectivity index (χ4v) is 0.751. The second-order valence-corrected chi connectivity index (χ2v) is 4.19. The number of alkyl halides is 1. The third kappa shape index (κ3) is 18.1.